The molecule has 0 amide bonds. The first-order valence-corrected chi connectivity index (χ1v) is 10.4. The Kier molecular flexibility index (Phi) is 5.17. The van der Waals surface area contributed by atoms with Gasteiger partial charge in [-0.1, -0.05) is 35.9 Å². The highest BCUT2D eigenvalue weighted by molar-refractivity contribution is 7.98. The van der Waals surface area contributed by atoms with Crippen molar-refractivity contribution < 1.29 is 8.42 Å². The second-order valence-corrected chi connectivity index (χ2v) is 8.52. The molecule has 2 aromatic carbocycles. The summed E-state index contributed by atoms with van der Waals surface area (Å²) in [5, 5.41) is 0.277. The third-order valence-corrected chi connectivity index (χ3v) is 6.29. The van der Waals surface area contributed by atoms with Crippen LogP contribution in [-0.2, 0) is 15.8 Å². The van der Waals surface area contributed by atoms with E-state index in [9.17, 15) is 8.42 Å². The van der Waals surface area contributed by atoms with Crippen molar-refractivity contribution in [2.24, 2.45) is 0 Å². The third-order valence-electron chi connectivity index (χ3n) is 3.13. The maximum atomic E-state index is 12.3. The van der Waals surface area contributed by atoms with Gasteiger partial charge in [0.15, 0.2) is 5.82 Å². The van der Waals surface area contributed by atoms with Crippen molar-refractivity contribution in [3.8, 4) is 0 Å². The van der Waals surface area contributed by atoms with Crippen LogP contribution in [-0.4, -0.2) is 17.8 Å². The molecule has 0 saturated carbocycles. The van der Waals surface area contributed by atoms with Gasteiger partial charge in [0.25, 0.3) is 10.0 Å². The lowest BCUT2D eigenvalue weighted by molar-refractivity contribution is 0.601. The van der Waals surface area contributed by atoms with E-state index in [2.05, 4.69) is 14.1 Å². The molecule has 0 bridgehead atoms. The van der Waals surface area contributed by atoms with E-state index < -0.39 is 10.0 Å². The normalized spacial score (nSPS) is 11.4. The lowest BCUT2D eigenvalue weighted by Crippen LogP contribution is -2.12. The van der Waals surface area contributed by atoms with Gasteiger partial charge in [0.1, 0.15) is 0 Å². The molecule has 0 atom stereocenters. The summed E-state index contributed by atoms with van der Waals surface area (Å²) < 4.78 is 31.3. The summed E-state index contributed by atoms with van der Waals surface area (Å²) in [6.45, 7) is 1.91. The van der Waals surface area contributed by atoms with Crippen LogP contribution in [0.5, 0.6) is 0 Å². The van der Waals surface area contributed by atoms with Crippen molar-refractivity contribution in [3.05, 3.63) is 66.0 Å². The molecule has 0 saturated heterocycles. The van der Waals surface area contributed by atoms with E-state index in [1.807, 2.05) is 37.3 Å². The number of anilines is 1. The van der Waals surface area contributed by atoms with Crippen LogP contribution in [0, 0.1) is 6.92 Å². The Bertz CT molecular complexity index is 907. The van der Waals surface area contributed by atoms with Crippen LogP contribution in [0.4, 0.5) is 5.13 Å². The van der Waals surface area contributed by atoms with E-state index in [1.165, 1.54) is 0 Å². The quantitative estimate of drug-likeness (QED) is 0.659. The van der Waals surface area contributed by atoms with E-state index in [0.29, 0.717) is 11.6 Å². The van der Waals surface area contributed by atoms with Gasteiger partial charge in [0.2, 0.25) is 5.13 Å². The largest absolute Gasteiger partial charge is 0.263 e. The van der Waals surface area contributed by atoms with Gasteiger partial charge in [-0.15, -0.1) is 11.8 Å². The summed E-state index contributed by atoms with van der Waals surface area (Å²) in [7, 11) is -3.63. The highest BCUT2D eigenvalue weighted by Crippen LogP contribution is 2.24. The molecule has 0 spiro atoms. The van der Waals surface area contributed by atoms with Crippen molar-refractivity contribution in [3.63, 3.8) is 0 Å². The van der Waals surface area contributed by atoms with Crippen LogP contribution in [0.25, 0.3) is 0 Å². The molecule has 0 aliphatic heterocycles. The number of sulfonamides is 1. The second kappa shape index (κ2) is 7.33. The third kappa shape index (κ3) is 4.34. The number of nitrogens with zero attached hydrogens (tertiary/aromatic N) is 2. The Balaban J connectivity index is 1.66. The number of benzene rings is 2. The molecule has 3 aromatic rings. The second-order valence-electron chi connectivity index (χ2n) is 5.04. The zero-order chi connectivity index (χ0) is 17.0. The summed E-state index contributed by atoms with van der Waals surface area (Å²) in [6, 6.07) is 16.6. The van der Waals surface area contributed by atoms with Crippen molar-refractivity contribution in [1.82, 2.24) is 9.36 Å². The lowest BCUT2D eigenvalue weighted by Gasteiger charge is -2.04. The first-order valence-electron chi connectivity index (χ1n) is 7.13. The summed E-state index contributed by atoms with van der Waals surface area (Å²) >= 11 is 2.65. The minimum absolute atomic E-state index is 0.212. The zero-order valence-electron chi connectivity index (χ0n) is 12.8. The molecule has 8 heteroatoms. The van der Waals surface area contributed by atoms with Crippen LogP contribution in [0.1, 0.15) is 11.4 Å². The zero-order valence-corrected chi connectivity index (χ0v) is 15.3. The van der Waals surface area contributed by atoms with Gasteiger partial charge in [-0.25, -0.2) is 13.4 Å². The molecule has 0 fully saturated rings. The molecule has 0 aliphatic carbocycles. The number of thioether (sulfide) groups is 1. The fourth-order valence-electron chi connectivity index (χ4n) is 1.91. The number of hydrogen-bond acceptors (Lipinski definition) is 6. The molecule has 1 aromatic heterocycles. The summed E-state index contributed by atoms with van der Waals surface area (Å²) in [5.41, 5.74) is 1.00. The molecular formula is C16H15N3O2S3. The minimum Gasteiger partial charge on any atom is -0.253 e. The fraction of sp³-hybridized carbons (Fsp3) is 0.125. The van der Waals surface area contributed by atoms with Gasteiger partial charge < -0.3 is 0 Å². The van der Waals surface area contributed by atoms with E-state index in [4.69, 9.17) is 0 Å². The van der Waals surface area contributed by atoms with Gasteiger partial charge >= 0.3 is 0 Å². The summed E-state index contributed by atoms with van der Waals surface area (Å²) in [6.07, 6.45) is 0. The van der Waals surface area contributed by atoms with Gasteiger partial charge in [-0.2, -0.15) is 4.37 Å². The van der Waals surface area contributed by atoms with Gasteiger partial charge in [0.05, 0.1) is 10.6 Å². The van der Waals surface area contributed by atoms with Crippen LogP contribution >= 0.6 is 23.3 Å². The van der Waals surface area contributed by atoms with Crippen molar-refractivity contribution in [2.45, 2.75) is 22.5 Å². The van der Waals surface area contributed by atoms with E-state index in [1.54, 1.807) is 36.0 Å². The molecular weight excluding hydrogens is 362 g/mol. The number of nitrogens with one attached hydrogen (secondary N) is 1. The average molecular weight is 378 g/mol. The molecule has 5 nitrogen and oxygen atoms in total. The SMILES string of the molecule is Cc1ccc(S(=O)(=O)Nc2nc(CSc3ccccc3)ns2)cc1. The Morgan fingerprint density at radius 3 is 2.50 bits per heavy atom. The number of aromatic nitrogens is 2. The lowest BCUT2D eigenvalue weighted by atomic mass is 10.2. The van der Waals surface area contributed by atoms with Crippen molar-refractivity contribution in [1.29, 1.82) is 0 Å². The van der Waals surface area contributed by atoms with Crippen LogP contribution in [0.15, 0.2) is 64.4 Å². The van der Waals surface area contributed by atoms with Crippen molar-refractivity contribution in [2.75, 3.05) is 4.72 Å². The Labute approximate surface area is 149 Å². The first kappa shape index (κ1) is 16.9. The van der Waals surface area contributed by atoms with Gasteiger partial charge in [0, 0.05) is 16.4 Å². The monoisotopic (exact) mass is 377 g/mol. The van der Waals surface area contributed by atoms with Crippen LogP contribution in [0.2, 0.25) is 0 Å². The molecule has 3 rings (SSSR count). The summed E-state index contributed by atoms with van der Waals surface area (Å²) in [5.74, 6) is 1.20. The smallest absolute Gasteiger partial charge is 0.253 e. The molecule has 0 radical (unpaired) electrons. The van der Waals surface area contributed by atoms with Gasteiger partial charge in [-0.3, -0.25) is 4.72 Å². The van der Waals surface area contributed by atoms with Gasteiger partial charge in [-0.05, 0) is 31.2 Å². The predicted octanol–water partition coefficient (Wildman–Crippen LogP) is 3.94. The van der Waals surface area contributed by atoms with E-state index in [-0.39, 0.29) is 10.0 Å². The highest BCUT2D eigenvalue weighted by Gasteiger charge is 2.16. The number of hydrogen-bond donors (Lipinski definition) is 1. The molecule has 124 valence electrons. The molecule has 24 heavy (non-hydrogen) atoms. The Hall–Kier alpha value is -1.90. The van der Waals surface area contributed by atoms with E-state index in [0.717, 1.165) is 22.0 Å². The molecule has 1 N–H and O–H groups in total. The fourth-order valence-corrected chi connectivity index (χ4v) is 4.58. The average Bonchev–Trinajstić information content (AvgIpc) is 3.01. The van der Waals surface area contributed by atoms with E-state index >= 15 is 0 Å². The maximum absolute atomic E-state index is 12.3. The molecule has 0 unspecified atom stereocenters. The Morgan fingerprint density at radius 2 is 1.79 bits per heavy atom. The molecule has 1 heterocycles. The predicted molar refractivity (Wildman–Crippen MR) is 97.9 cm³/mol. The molecule has 0 aliphatic rings. The number of rotatable bonds is 6. The van der Waals surface area contributed by atoms with Crippen molar-refractivity contribution >= 4 is 38.4 Å². The first-order chi connectivity index (χ1) is 11.5. The number of aryl methyl sites for hydroxylation is 1. The van der Waals surface area contributed by atoms with Crippen LogP contribution in [0.3, 0.4) is 0 Å². The standard InChI is InChI=1S/C16H15N3O2S3/c1-12-7-9-14(10-8-12)24(20,21)19-16-17-15(18-23-16)11-22-13-5-3-2-4-6-13/h2-10H,11H2,1H3,(H,17,18,19). The topological polar surface area (TPSA) is 72.0 Å². The highest BCUT2D eigenvalue weighted by atomic mass is 32.2. The Morgan fingerprint density at radius 1 is 1.08 bits per heavy atom. The minimum atomic E-state index is -3.63. The summed E-state index contributed by atoms with van der Waals surface area (Å²) in [4.78, 5) is 5.58. The maximum Gasteiger partial charge on any atom is 0.263 e. The van der Waals surface area contributed by atoms with Crippen LogP contribution < -0.4 is 4.72 Å².